The summed E-state index contributed by atoms with van der Waals surface area (Å²) in [6, 6.07) is 14.1. The number of nitrogen functional groups attached to an aromatic ring is 1. The van der Waals surface area contributed by atoms with E-state index in [0.29, 0.717) is 18.9 Å². The van der Waals surface area contributed by atoms with Crippen molar-refractivity contribution in [2.24, 2.45) is 7.05 Å². The average molecular weight is 557 g/mol. The van der Waals surface area contributed by atoms with Crippen molar-refractivity contribution in [3.8, 4) is 5.75 Å². The van der Waals surface area contributed by atoms with Crippen LogP contribution in [0.4, 0.5) is 5.82 Å². The number of ether oxygens (including phenoxy) is 1. The van der Waals surface area contributed by atoms with Crippen molar-refractivity contribution < 1.29 is 14.6 Å². The molecule has 0 amide bonds. The van der Waals surface area contributed by atoms with Crippen molar-refractivity contribution in [1.82, 2.24) is 24.9 Å². The molecule has 0 fully saturated rings. The summed E-state index contributed by atoms with van der Waals surface area (Å²) in [4.78, 5) is 19.1. The zero-order valence-corrected chi connectivity index (χ0v) is 23.6. The fourth-order valence-corrected chi connectivity index (χ4v) is 6.68. The molecule has 3 aromatic heterocycles. The summed E-state index contributed by atoms with van der Waals surface area (Å²) in [6.45, 7) is 6.19. The third-order valence-electron chi connectivity index (χ3n) is 7.82. The maximum Gasteiger partial charge on any atom is 0.304 e. The fourth-order valence-electron chi connectivity index (χ4n) is 5.79. The number of aromatic nitrogens is 4. The number of carbonyl (C=O) groups is 1. The molecular formula is C30H32N6O3S. The van der Waals surface area contributed by atoms with E-state index in [4.69, 9.17) is 10.5 Å². The third-order valence-corrected chi connectivity index (χ3v) is 8.82. The second-order valence-corrected chi connectivity index (χ2v) is 11.4. The Balaban J connectivity index is 1.42. The lowest BCUT2D eigenvalue weighted by Gasteiger charge is -2.25. The number of benzene rings is 2. The number of carboxylic acid groups (broad SMARTS) is 1. The number of hydrogen-bond donors (Lipinski definition) is 2. The Morgan fingerprint density at radius 3 is 2.90 bits per heavy atom. The van der Waals surface area contributed by atoms with Crippen molar-refractivity contribution in [2.75, 3.05) is 12.3 Å². The van der Waals surface area contributed by atoms with Gasteiger partial charge in [0.15, 0.2) is 0 Å². The van der Waals surface area contributed by atoms with E-state index in [1.807, 2.05) is 32.2 Å². The van der Waals surface area contributed by atoms with Crippen molar-refractivity contribution in [2.45, 2.75) is 51.8 Å². The molecule has 5 aromatic rings. The second kappa shape index (κ2) is 10.5. The van der Waals surface area contributed by atoms with Gasteiger partial charge >= 0.3 is 5.97 Å². The van der Waals surface area contributed by atoms with Gasteiger partial charge < -0.3 is 15.6 Å². The summed E-state index contributed by atoms with van der Waals surface area (Å²) in [5, 5.41) is 21.7. The third kappa shape index (κ3) is 4.89. The first-order chi connectivity index (χ1) is 19.3. The van der Waals surface area contributed by atoms with E-state index in [9.17, 15) is 9.90 Å². The number of anilines is 1. The van der Waals surface area contributed by atoms with Gasteiger partial charge in [-0.15, -0.1) is 16.4 Å². The maximum atomic E-state index is 12.1. The number of thiophene rings is 1. The Labute approximate surface area is 236 Å². The molecule has 0 aliphatic carbocycles. The molecule has 40 heavy (non-hydrogen) atoms. The van der Waals surface area contributed by atoms with Crippen LogP contribution in [0.15, 0.2) is 47.8 Å². The highest BCUT2D eigenvalue weighted by molar-refractivity contribution is 7.17. The fraction of sp³-hybridized carbons (Fsp3) is 0.333. The zero-order chi connectivity index (χ0) is 28.0. The Kier molecular flexibility index (Phi) is 6.89. The molecule has 10 heteroatoms. The molecule has 3 N–H and O–H groups in total. The van der Waals surface area contributed by atoms with Gasteiger partial charge in [-0.1, -0.05) is 24.3 Å². The van der Waals surface area contributed by atoms with E-state index in [-0.39, 0.29) is 18.4 Å². The number of carboxylic acids is 1. The van der Waals surface area contributed by atoms with Gasteiger partial charge in [-0.2, -0.15) is 0 Å². The molecule has 4 heterocycles. The zero-order valence-electron chi connectivity index (χ0n) is 22.8. The van der Waals surface area contributed by atoms with Gasteiger partial charge in [0.1, 0.15) is 23.2 Å². The lowest BCUT2D eigenvalue weighted by Crippen LogP contribution is -2.32. The van der Waals surface area contributed by atoms with Crippen molar-refractivity contribution in [1.29, 1.82) is 0 Å². The summed E-state index contributed by atoms with van der Waals surface area (Å²) in [5.41, 5.74) is 12.6. The van der Waals surface area contributed by atoms with E-state index in [1.165, 1.54) is 10.3 Å². The van der Waals surface area contributed by atoms with Crippen LogP contribution >= 0.6 is 11.3 Å². The van der Waals surface area contributed by atoms with Gasteiger partial charge in [-0.05, 0) is 76.7 Å². The molecule has 206 valence electrons. The first kappa shape index (κ1) is 26.2. The molecule has 6 rings (SSSR count). The normalized spacial score (nSPS) is 16.5. The Hall–Kier alpha value is -4.02. The summed E-state index contributed by atoms with van der Waals surface area (Å²) in [7, 11) is 1.86. The minimum absolute atomic E-state index is 0.0201. The molecule has 2 aromatic carbocycles. The molecule has 0 bridgehead atoms. The lowest BCUT2D eigenvalue weighted by molar-refractivity contribution is -0.137. The van der Waals surface area contributed by atoms with Gasteiger partial charge in [0.2, 0.25) is 0 Å². The van der Waals surface area contributed by atoms with Crippen LogP contribution in [0.1, 0.15) is 53.6 Å². The SMILES string of the molecule is CC[C@@H]1CN(Cc2cc(C(CC(=O)O)c3ccc4c(nnn4C)c3C)cc3ccsc23)Cc2nc(N)ccc2O1. The summed E-state index contributed by atoms with van der Waals surface area (Å²) < 4.78 is 9.23. The van der Waals surface area contributed by atoms with Crippen LogP contribution in [-0.4, -0.2) is 48.6 Å². The minimum atomic E-state index is -0.841. The number of fused-ring (bicyclic) bond motifs is 3. The predicted molar refractivity (Wildman–Crippen MR) is 157 cm³/mol. The first-order valence-corrected chi connectivity index (χ1v) is 14.3. The van der Waals surface area contributed by atoms with E-state index < -0.39 is 5.97 Å². The smallest absolute Gasteiger partial charge is 0.304 e. The van der Waals surface area contributed by atoms with Crippen LogP contribution in [0.5, 0.6) is 5.75 Å². The van der Waals surface area contributed by atoms with Crippen LogP contribution in [0.2, 0.25) is 0 Å². The van der Waals surface area contributed by atoms with E-state index in [1.54, 1.807) is 22.1 Å². The van der Waals surface area contributed by atoms with Crippen LogP contribution in [-0.2, 0) is 24.9 Å². The number of rotatable bonds is 7. The maximum absolute atomic E-state index is 12.1. The van der Waals surface area contributed by atoms with Crippen LogP contribution in [0, 0.1) is 6.92 Å². The molecule has 0 saturated carbocycles. The quantitative estimate of drug-likeness (QED) is 0.279. The predicted octanol–water partition coefficient (Wildman–Crippen LogP) is 5.25. The monoisotopic (exact) mass is 556 g/mol. The average Bonchev–Trinajstić information content (AvgIpc) is 3.51. The molecule has 2 atom stereocenters. The minimum Gasteiger partial charge on any atom is -0.487 e. The molecule has 1 aliphatic rings. The highest BCUT2D eigenvalue weighted by Crippen LogP contribution is 2.38. The van der Waals surface area contributed by atoms with Crippen LogP contribution < -0.4 is 10.5 Å². The summed E-state index contributed by atoms with van der Waals surface area (Å²) >= 11 is 1.71. The van der Waals surface area contributed by atoms with Crippen molar-refractivity contribution in [3.63, 3.8) is 0 Å². The Bertz CT molecular complexity index is 1730. The molecule has 0 spiro atoms. The molecular weight excluding hydrogens is 524 g/mol. The number of hydrogen-bond acceptors (Lipinski definition) is 8. The van der Waals surface area contributed by atoms with E-state index >= 15 is 0 Å². The number of nitrogens with zero attached hydrogens (tertiary/aromatic N) is 5. The number of pyridine rings is 1. The first-order valence-electron chi connectivity index (χ1n) is 13.5. The van der Waals surface area contributed by atoms with E-state index in [2.05, 4.69) is 50.7 Å². The lowest BCUT2D eigenvalue weighted by atomic mass is 9.84. The van der Waals surface area contributed by atoms with Gasteiger partial charge in [0, 0.05) is 37.3 Å². The topological polar surface area (TPSA) is 119 Å². The number of aliphatic carboxylic acids is 1. The van der Waals surface area contributed by atoms with E-state index in [0.717, 1.165) is 57.5 Å². The Morgan fingerprint density at radius 1 is 1.25 bits per heavy atom. The van der Waals surface area contributed by atoms with Gasteiger partial charge in [0.25, 0.3) is 0 Å². The van der Waals surface area contributed by atoms with Crippen molar-refractivity contribution in [3.05, 3.63) is 75.8 Å². The molecule has 0 saturated heterocycles. The highest BCUT2D eigenvalue weighted by Gasteiger charge is 2.26. The Morgan fingerprint density at radius 2 is 2.10 bits per heavy atom. The number of nitrogens with two attached hydrogens (primary N) is 1. The molecule has 1 aliphatic heterocycles. The van der Waals surface area contributed by atoms with Crippen molar-refractivity contribution >= 4 is 44.2 Å². The summed E-state index contributed by atoms with van der Waals surface area (Å²) in [6.07, 6.45) is 0.891. The number of aryl methyl sites for hydroxylation is 2. The summed E-state index contributed by atoms with van der Waals surface area (Å²) in [5.74, 6) is 0.0955. The molecule has 0 radical (unpaired) electrons. The van der Waals surface area contributed by atoms with Crippen LogP contribution in [0.3, 0.4) is 0 Å². The molecule has 1 unspecified atom stereocenters. The molecule has 9 nitrogen and oxygen atoms in total. The second-order valence-electron chi connectivity index (χ2n) is 10.5. The van der Waals surface area contributed by atoms with Gasteiger partial charge in [-0.25, -0.2) is 9.67 Å². The highest BCUT2D eigenvalue weighted by atomic mass is 32.1. The standard InChI is InChI=1S/C30H32N6O3S/c1-4-21-15-36(16-24-26(39-21)7-8-27(31)32-24)14-20-12-19(11-18-9-10-40-30(18)20)23(13-28(37)38)22-5-6-25-29(17(22)2)33-34-35(25)3/h5-12,21,23H,4,13-16H2,1-3H3,(H2,31,32)(H,37,38)/t21-,23?/m1/s1. The van der Waals surface area contributed by atoms with Gasteiger partial charge in [0.05, 0.1) is 17.6 Å². The van der Waals surface area contributed by atoms with Crippen LogP contribution in [0.25, 0.3) is 21.1 Å². The van der Waals surface area contributed by atoms with Gasteiger partial charge in [-0.3, -0.25) is 9.69 Å². The largest absolute Gasteiger partial charge is 0.487 e.